The lowest BCUT2D eigenvalue weighted by molar-refractivity contribution is -0.302. The average molecular weight is 864 g/mol. The number of rotatable bonds is 43. The van der Waals surface area contributed by atoms with E-state index in [9.17, 15) is 30.3 Å². The molecule has 1 heterocycles. The summed E-state index contributed by atoms with van der Waals surface area (Å²) in [5.41, 5.74) is 0. The Kier molecular flexibility index (Phi) is 39.9. The maximum atomic E-state index is 13.0. The summed E-state index contributed by atoms with van der Waals surface area (Å²) in [5, 5.41) is 54.3. The first-order chi connectivity index (χ1) is 29.8. The Hall–Kier alpha value is -1.59. The van der Waals surface area contributed by atoms with Crippen LogP contribution < -0.4 is 5.32 Å². The zero-order chi connectivity index (χ0) is 44.4. The van der Waals surface area contributed by atoms with Crippen LogP contribution in [0.1, 0.15) is 232 Å². The molecule has 1 rings (SSSR count). The summed E-state index contributed by atoms with van der Waals surface area (Å²) in [6.45, 7) is 3.76. The average Bonchev–Trinajstić information content (AvgIpc) is 3.26. The molecule has 0 aromatic heterocycles. The van der Waals surface area contributed by atoms with Crippen LogP contribution in [0.15, 0.2) is 36.5 Å². The SMILES string of the molecule is CCCCCC/C=C\C/C=C\CCCCCCCC(=O)NC(COC1OC(CO)C(O)C(O)C1O)C(O)/C=C/CCCCCCCCCCCCCCCCCCCCCC. The molecule has 1 aliphatic rings. The van der Waals surface area contributed by atoms with E-state index in [1.165, 1.54) is 148 Å². The maximum Gasteiger partial charge on any atom is 0.220 e. The van der Waals surface area contributed by atoms with Crippen LogP contribution in [0.2, 0.25) is 0 Å². The molecule has 0 radical (unpaired) electrons. The van der Waals surface area contributed by atoms with Crippen LogP contribution in [0.25, 0.3) is 0 Å². The van der Waals surface area contributed by atoms with Crippen LogP contribution in [0.4, 0.5) is 0 Å². The van der Waals surface area contributed by atoms with Crippen molar-refractivity contribution in [1.29, 1.82) is 0 Å². The van der Waals surface area contributed by atoms with Crippen molar-refractivity contribution in [2.24, 2.45) is 0 Å². The first-order valence-corrected chi connectivity index (χ1v) is 25.7. The van der Waals surface area contributed by atoms with Gasteiger partial charge in [0.2, 0.25) is 5.91 Å². The lowest BCUT2D eigenvalue weighted by atomic mass is 9.99. The summed E-state index contributed by atoms with van der Waals surface area (Å²) in [6, 6.07) is -0.811. The fourth-order valence-corrected chi connectivity index (χ4v) is 8.07. The normalized spacial score (nSPS) is 20.7. The van der Waals surface area contributed by atoms with Gasteiger partial charge >= 0.3 is 0 Å². The van der Waals surface area contributed by atoms with E-state index in [2.05, 4.69) is 43.5 Å². The number of hydrogen-bond acceptors (Lipinski definition) is 8. The second kappa shape index (κ2) is 42.4. The molecule has 1 fully saturated rings. The second-order valence-electron chi connectivity index (χ2n) is 18.0. The summed E-state index contributed by atoms with van der Waals surface area (Å²) in [4.78, 5) is 13.0. The van der Waals surface area contributed by atoms with Crippen molar-refractivity contribution in [3.05, 3.63) is 36.5 Å². The van der Waals surface area contributed by atoms with Gasteiger partial charge in [-0.05, 0) is 51.4 Å². The smallest absolute Gasteiger partial charge is 0.220 e. The predicted octanol–water partition coefficient (Wildman–Crippen LogP) is 11.6. The van der Waals surface area contributed by atoms with Crippen molar-refractivity contribution in [2.75, 3.05) is 13.2 Å². The van der Waals surface area contributed by atoms with Crippen molar-refractivity contribution in [3.63, 3.8) is 0 Å². The quantitative estimate of drug-likeness (QED) is 0.0262. The van der Waals surface area contributed by atoms with E-state index < -0.39 is 49.5 Å². The number of carbonyl (C=O) groups excluding carboxylic acids is 1. The summed E-state index contributed by atoms with van der Waals surface area (Å²) in [7, 11) is 0. The number of ether oxygens (including phenoxy) is 2. The largest absolute Gasteiger partial charge is 0.394 e. The molecule has 9 heteroatoms. The molecule has 1 saturated heterocycles. The fourth-order valence-electron chi connectivity index (χ4n) is 8.07. The predicted molar refractivity (Wildman–Crippen MR) is 253 cm³/mol. The van der Waals surface area contributed by atoms with Crippen molar-refractivity contribution in [3.8, 4) is 0 Å². The highest BCUT2D eigenvalue weighted by molar-refractivity contribution is 5.76. The van der Waals surface area contributed by atoms with Gasteiger partial charge in [-0.1, -0.05) is 211 Å². The minimum absolute atomic E-state index is 0.190. The second-order valence-corrected chi connectivity index (χ2v) is 18.0. The van der Waals surface area contributed by atoms with Gasteiger partial charge in [0.25, 0.3) is 0 Å². The van der Waals surface area contributed by atoms with Gasteiger partial charge in [-0.25, -0.2) is 0 Å². The van der Waals surface area contributed by atoms with Gasteiger partial charge in [-0.2, -0.15) is 0 Å². The topological polar surface area (TPSA) is 149 Å². The first kappa shape index (κ1) is 57.4. The molecule has 61 heavy (non-hydrogen) atoms. The Morgan fingerprint density at radius 3 is 1.43 bits per heavy atom. The molecule has 6 N–H and O–H groups in total. The number of allylic oxidation sites excluding steroid dienone is 5. The minimum atomic E-state index is -1.57. The molecule has 0 spiro atoms. The third-order valence-electron chi connectivity index (χ3n) is 12.2. The van der Waals surface area contributed by atoms with Crippen molar-refractivity contribution >= 4 is 5.91 Å². The van der Waals surface area contributed by atoms with Crippen LogP contribution in [0.5, 0.6) is 0 Å². The highest BCUT2D eigenvalue weighted by atomic mass is 16.7. The minimum Gasteiger partial charge on any atom is -0.394 e. The van der Waals surface area contributed by atoms with Crippen LogP contribution >= 0.6 is 0 Å². The zero-order valence-electron chi connectivity index (χ0n) is 39.4. The van der Waals surface area contributed by atoms with Gasteiger partial charge in [-0.3, -0.25) is 4.79 Å². The van der Waals surface area contributed by atoms with E-state index in [-0.39, 0.29) is 12.5 Å². The Bertz CT molecular complexity index is 1050. The highest BCUT2D eigenvalue weighted by Gasteiger charge is 2.44. The van der Waals surface area contributed by atoms with Crippen LogP contribution in [0, 0.1) is 0 Å². The van der Waals surface area contributed by atoms with Gasteiger partial charge < -0.3 is 40.3 Å². The molecule has 1 amide bonds. The zero-order valence-corrected chi connectivity index (χ0v) is 39.4. The molecule has 9 nitrogen and oxygen atoms in total. The molecule has 7 unspecified atom stereocenters. The van der Waals surface area contributed by atoms with Gasteiger partial charge in [0.1, 0.15) is 24.4 Å². The van der Waals surface area contributed by atoms with Crippen LogP contribution in [-0.4, -0.2) is 87.5 Å². The molecule has 0 bridgehead atoms. The molecular formula is C52H97NO8. The van der Waals surface area contributed by atoms with Crippen molar-refractivity contribution < 1.29 is 39.8 Å². The fraction of sp³-hybridized carbons (Fsp3) is 0.865. The maximum absolute atomic E-state index is 13.0. The van der Waals surface area contributed by atoms with Gasteiger partial charge in [0, 0.05) is 6.42 Å². The molecular weight excluding hydrogens is 767 g/mol. The number of unbranched alkanes of at least 4 members (excludes halogenated alkanes) is 29. The third-order valence-corrected chi connectivity index (χ3v) is 12.2. The Labute approximate surface area is 374 Å². The standard InChI is InChI=1S/C52H97NO8/c1-3-5-7-9-11-13-15-17-19-21-22-23-24-25-26-27-29-31-33-35-37-39-41-46(55)45(44-60-52-51(59)50(58)49(57)47(43-54)61-52)53-48(56)42-40-38-36-34-32-30-28-20-18-16-14-12-10-8-6-4-2/h14,16,20,28,39,41,45-47,49-52,54-55,57-59H,3-13,15,17-19,21-27,29-38,40,42-44H2,1-2H3,(H,53,56)/b16-14-,28-20-,41-39+. The number of hydrogen-bond donors (Lipinski definition) is 6. The molecule has 358 valence electrons. The highest BCUT2D eigenvalue weighted by Crippen LogP contribution is 2.23. The molecule has 0 saturated carbocycles. The molecule has 0 aliphatic carbocycles. The lowest BCUT2D eigenvalue weighted by Gasteiger charge is -2.40. The Morgan fingerprint density at radius 2 is 0.967 bits per heavy atom. The monoisotopic (exact) mass is 864 g/mol. The van der Waals surface area contributed by atoms with Gasteiger partial charge in [0.05, 0.1) is 25.4 Å². The van der Waals surface area contributed by atoms with E-state index in [4.69, 9.17) is 9.47 Å². The number of nitrogens with one attached hydrogen (secondary N) is 1. The number of aliphatic hydroxyl groups is 5. The van der Waals surface area contributed by atoms with Crippen molar-refractivity contribution in [2.45, 2.75) is 275 Å². The van der Waals surface area contributed by atoms with Crippen molar-refractivity contribution in [1.82, 2.24) is 5.32 Å². The van der Waals surface area contributed by atoms with Crippen LogP contribution in [0.3, 0.4) is 0 Å². The van der Waals surface area contributed by atoms with Crippen LogP contribution in [-0.2, 0) is 14.3 Å². The van der Waals surface area contributed by atoms with E-state index in [0.29, 0.717) is 6.42 Å². The van der Waals surface area contributed by atoms with Gasteiger partial charge in [-0.15, -0.1) is 0 Å². The van der Waals surface area contributed by atoms with Gasteiger partial charge in [0.15, 0.2) is 6.29 Å². The molecule has 1 aliphatic heterocycles. The summed E-state index contributed by atoms with van der Waals surface area (Å²) < 4.78 is 11.2. The summed E-state index contributed by atoms with van der Waals surface area (Å²) in [6.07, 6.45) is 46.2. The Morgan fingerprint density at radius 1 is 0.557 bits per heavy atom. The summed E-state index contributed by atoms with van der Waals surface area (Å²) in [5.74, 6) is -0.190. The molecule has 7 atom stereocenters. The number of amides is 1. The van der Waals surface area contributed by atoms with E-state index >= 15 is 0 Å². The lowest BCUT2D eigenvalue weighted by Crippen LogP contribution is -2.60. The molecule has 0 aromatic rings. The van der Waals surface area contributed by atoms with E-state index in [1.807, 2.05) is 6.08 Å². The Balaban J connectivity index is 2.30. The van der Waals surface area contributed by atoms with E-state index in [0.717, 1.165) is 64.2 Å². The number of aliphatic hydroxyl groups excluding tert-OH is 5. The third kappa shape index (κ3) is 32.7. The number of carbonyl (C=O) groups is 1. The first-order valence-electron chi connectivity index (χ1n) is 25.7. The summed E-state index contributed by atoms with van der Waals surface area (Å²) >= 11 is 0. The van der Waals surface area contributed by atoms with E-state index in [1.54, 1.807) is 6.08 Å². The molecule has 0 aromatic carbocycles.